The highest BCUT2D eigenvalue weighted by Crippen LogP contribution is 2.37. The minimum atomic E-state index is 0.260. The SMILES string of the molecule is CCCCSc1nc2sc3c(c2c(=O)n1C1CCCCC1)CCCC3. The van der Waals surface area contributed by atoms with Gasteiger partial charge < -0.3 is 0 Å². The van der Waals surface area contributed by atoms with Crippen molar-refractivity contribution in [3.05, 3.63) is 20.8 Å². The van der Waals surface area contributed by atoms with Crippen LogP contribution in [0.3, 0.4) is 0 Å². The van der Waals surface area contributed by atoms with Gasteiger partial charge in [0, 0.05) is 16.7 Å². The Labute approximate surface area is 158 Å². The zero-order valence-corrected chi connectivity index (χ0v) is 16.8. The highest BCUT2D eigenvalue weighted by Gasteiger charge is 2.26. The maximum atomic E-state index is 13.5. The molecule has 25 heavy (non-hydrogen) atoms. The molecule has 0 atom stereocenters. The molecule has 136 valence electrons. The van der Waals surface area contributed by atoms with Crippen molar-refractivity contribution in [1.82, 2.24) is 9.55 Å². The first kappa shape index (κ1) is 17.6. The summed E-state index contributed by atoms with van der Waals surface area (Å²) >= 11 is 3.58. The van der Waals surface area contributed by atoms with Crippen LogP contribution >= 0.6 is 23.1 Å². The van der Waals surface area contributed by atoms with Crippen molar-refractivity contribution >= 4 is 33.3 Å². The van der Waals surface area contributed by atoms with Crippen LogP contribution in [0.2, 0.25) is 0 Å². The summed E-state index contributed by atoms with van der Waals surface area (Å²) in [5, 5.41) is 1.95. The number of unbranched alkanes of at least 4 members (excludes halogenated alkanes) is 1. The van der Waals surface area contributed by atoms with Crippen molar-refractivity contribution in [2.45, 2.75) is 88.8 Å². The lowest BCUT2D eigenvalue weighted by molar-refractivity contribution is 0.326. The van der Waals surface area contributed by atoms with Gasteiger partial charge in [-0.25, -0.2) is 4.98 Å². The second-order valence-corrected chi connectivity index (χ2v) is 9.60. The Morgan fingerprint density at radius 1 is 1.16 bits per heavy atom. The van der Waals surface area contributed by atoms with Crippen LogP contribution in [0.1, 0.15) is 81.2 Å². The van der Waals surface area contributed by atoms with E-state index in [1.165, 1.54) is 55.4 Å². The first-order chi connectivity index (χ1) is 12.3. The molecule has 0 radical (unpaired) electrons. The number of aromatic nitrogens is 2. The molecule has 2 heterocycles. The summed E-state index contributed by atoms with van der Waals surface area (Å²) < 4.78 is 2.10. The maximum Gasteiger partial charge on any atom is 0.263 e. The van der Waals surface area contributed by atoms with Crippen LogP contribution in [0.5, 0.6) is 0 Å². The first-order valence-electron chi connectivity index (χ1n) is 9.99. The van der Waals surface area contributed by atoms with Gasteiger partial charge in [-0.05, 0) is 50.5 Å². The number of hydrogen-bond acceptors (Lipinski definition) is 4. The van der Waals surface area contributed by atoms with E-state index in [1.807, 2.05) is 0 Å². The Morgan fingerprint density at radius 3 is 2.76 bits per heavy atom. The van der Waals surface area contributed by atoms with Gasteiger partial charge in [0.15, 0.2) is 5.16 Å². The summed E-state index contributed by atoms with van der Waals surface area (Å²) in [6.45, 7) is 2.22. The van der Waals surface area contributed by atoms with Crippen molar-refractivity contribution in [2.24, 2.45) is 0 Å². The summed E-state index contributed by atoms with van der Waals surface area (Å²) in [7, 11) is 0. The van der Waals surface area contributed by atoms with E-state index in [2.05, 4.69) is 11.5 Å². The van der Waals surface area contributed by atoms with E-state index in [9.17, 15) is 4.79 Å². The van der Waals surface area contributed by atoms with Crippen LogP contribution in [-0.4, -0.2) is 15.3 Å². The highest BCUT2D eigenvalue weighted by atomic mass is 32.2. The molecule has 4 rings (SSSR count). The van der Waals surface area contributed by atoms with Gasteiger partial charge in [-0.1, -0.05) is 44.4 Å². The zero-order chi connectivity index (χ0) is 17.2. The standard InChI is InChI=1S/C20H28N2OS2/c1-2-3-13-24-20-21-18-17(15-11-7-8-12-16(15)25-18)19(23)22(20)14-9-5-4-6-10-14/h14H,2-13H2,1H3. The van der Waals surface area contributed by atoms with Crippen molar-refractivity contribution in [3.8, 4) is 0 Å². The van der Waals surface area contributed by atoms with Crippen molar-refractivity contribution < 1.29 is 0 Å². The van der Waals surface area contributed by atoms with Gasteiger partial charge >= 0.3 is 0 Å². The van der Waals surface area contributed by atoms with E-state index in [0.29, 0.717) is 6.04 Å². The highest BCUT2D eigenvalue weighted by molar-refractivity contribution is 7.99. The van der Waals surface area contributed by atoms with Gasteiger partial charge in [-0.2, -0.15) is 0 Å². The molecule has 0 saturated heterocycles. The molecule has 2 aliphatic rings. The first-order valence-corrected chi connectivity index (χ1v) is 11.8. The van der Waals surface area contributed by atoms with Crippen LogP contribution in [0, 0.1) is 0 Å². The number of fused-ring (bicyclic) bond motifs is 3. The molecule has 0 amide bonds. The van der Waals surface area contributed by atoms with Crippen LogP contribution in [0.4, 0.5) is 0 Å². The lowest BCUT2D eigenvalue weighted by Crippen LogP contribution is -2.29. The van der Waals surface area contributed by atoms with Crippen LogP contribution < -0.4 is 5.56 Å². The van der Waals surface area contributed by atoms with Crippen molar-refractivity contribution in [3.63, 3.8) is 0 Å². The molecule has 0 N–H and O–H groups in total. The summed E-state index contributed by atoms with van der Waals surface area (Å²) in [5.74, 6) is 1.06. The lowest BCUT2D eigenvalue weighted by atomic mass is 9.94. The molecule has 5 heteroatoms. The van der Waals surface area contributed by atoms with Gasteiger partial charge in [0.2, 0.25) is 0 Å². The fourth-order valence-electron chi connectivity index (χ4n) is 4.27. The summed E-state index contributed by atoms with van der Waals surface area (Å²) in [6, 6.07) is 0.362. The fraction of sp³-hybridized carbons (Fsp3) is 0.700. The Hall–Kier alpha value is -0.810. The zero-order valence-electron chi connectivity index (χ0n) is 15.2. The smallest absolute Gasteiger partial charge is 0.263 e. The van der Waals surface area contributed by atoms with Gasteiger partial charge in [-0.15, -0.1) is 11.3 Å². The number of rotatable bonds is 5. The average Bonchev–Trinajstić information content (AvgIpc) is 3.01. The second kappa shape index (κ2) is 7.83. The number of thiophene rings is 1. The number of nitrogens with zero attached hydrogens (tertiary/aromatic N) is 2. The summed E-state index contributed by atoms with van der Waals surface area (Å²) in [5.41, 5.74) is 1.59. The van der Waals surface area contributed by atoms with Crippen LogP contribution in [0.25, 0.3) is 10.2 Å². The quantitative estimate of drug-likeness (QED) is 0.379. The second-order valence-electron chi connectivity index (χ2n) is 7.45. The molecule has 0 unspecified atom stereocenters. The van der Waals surface area contributed by atoms with Gasteiger partial charge in [-0.3, -0.25) is 9.36 Å². The largest absolute Gasteiger partial charge is 0.284 e. The fourth-order valence-corrected chi connectivity index (χ4v) is 6.72. The Balaban J connectivity index is 1.83. The van der Waals surface area contributed by atoms with E-state index in [4.69, 9.17) is 4.98 Å². The minimum absolute atomic E-state index is 0.260. The van der Waals surface area contributed by atoms with Gasteiger partial charge in [0.1, 0.15) is 4.83 Å². The van der Waals surface area contributed by atoms with Crippen LogP contribution in [-0.2, 0) is 12.8 Å². The maximum absolute atomic E-state index is 13.5. The molecule has 0 aliphatic heterocycles. The van der Waals surface area contributed by atoms with Crippen molar-refractivity contribution in [1.29, 1.82) is 0 Å². The van der Waals surface area contributed by atoms with E-state index in [-0.39, 0.29) is 5.56 Å². The van der Waals surface area contributed by atoms with Gasteiger partial charge in [0.25, 0.3) is 5.56 Å². The number of thioether (sulfide) groups is 1. The molecule has 0 aromatic carbocycles. The predicted molar refractivity (Wildman–Crippen MR) is 108 cm³/mol. The summed E-state index contributed by atoms with van der Waals surface area (Å²) in [4.78, 5) is 21.0. The van der Waals surface area contributed by atoms with E-state index in [1.54, 1.807) is 23.1 Å². The van der Waals surface area contributed by atoms with Gasteiger partial charge in [0.05, 0.1) is 5.39 Å². The third-order valence-electron chi connectivity index (χ3n) is 5.66. The minimum Gasteiger partial charge on any atom is -0.284 e. The van der Waals surface area contributed by atoms with E-state index in [0.717, 1.165) is 46.8 Å². The molecule has 1 fully saturated rings. The lowest BCUT2D eigenvalue weighted by Gasteiger charge is -2.26. The topological polar surface area (TPSA) is 34.9 Å². The Morgan fingerprint density at radius 2 is 1.96 bits per heavy atom. The molecule has 0 bridgehead atoms. The molecule has 2 aromatic rings. The van der Waals surface area contributed by atoms with E-state index >= 15 is 0 Å². The average molecular weight is 377 g/mol. The number of aryl methyl sites for hydroxylation is 2. The molecular formula is C20H28N2OS2. The molecule has 3 nitrogen and oxygen atoms in total. The monoisotopic (exact) mass is 376 g/mol. The molecule has 1 saturated carbocycles. The molecule has 2 aromatic heterocycles. The third kappa shape index (κ3) is 3.42. The Kier molecular flexibility index (Phi) is 5.51. The molecule has 0 spiro atoms. The summed E-state index contributed by atoms with van der Waals surface area (Å²) in [6.07, 6.45) is 13.1. The van der Waals surface area contributed by atoms with E-state index < -0.39 is 0 Å². The van der Waals surface area contributed by atoms with Crippen LogP contribution in [0.15, 0.2) is 9.95 Å². The third-order valence-corrected chi connectivity index (χ3v) is 7.88. The molecular weight excluding hydrogens is 348 g/mol. The van der Waals surface area contributed by atoms with Crippen molar-refractivity contribution in [2.75, 3.05) is 5.75 Å². The normalized spacial score (nSPS) is 18.6. The number of hydrogen-bond donors (Lipinski definition) is 0. The predicted octanol–water partition coefficient (Wildman–Crippen LogP) is 5.73. The Bertz CT molecular complexity index is 802. The molecule has 2 aliphatic carbocycles.